The van der Waals surface area contributed by atoms with Gasteiger partial charge in [-0.2, -0.15) is 13.2 Å². The van der Waals surface area contributed by atoms with Crippen molar-refractivity contribution in [2.24, 2.45) is 0 Å². The number of pyridine rings is 1. The van der Waals surface area contributed by atoms with E-state index in [-0.39, 0.29) is 23.8 Å². The zero-order valence-electron chi connectivity index (χ0n) is 13.5. The molecule has 1 heterocycles. The summed E-state index contributed by atoms with van der Waals surface area (Å²) in [5.74, 6) is -1.97. The molecule has 25 heavy (non-hydrogen) atoms. The van der Waals surface area contributed by atoms with E-state index in [9.17, 15) is 22.4 Å². The Bertz CT molecular complexity index is 758. The largest absolute Gasteiger partial charge is 0.478 e. The highest BCUT2D eigenvalue weighted by Crippen LogP contribution is 2.29. The predicted octanol–water partition coefficient (Wildman–Crippen LogP) is 4.35. The number of carboxylic acids is 1. The number of aromatic nitrogens is 1. The monoisotopic (exact) mass is 356 g/mol. The van der Waals surface area contributed by atoms with Gasteiger partial charge in [-0.05, 0) is 44.2 Å². The van der Waals surface area contributed by atoms with E-state index >= 15 is 0 Å². The molecule has 0 aliphatic carbocycles. The number of alkyl halides is 3. The van der Waals surface area contributed by atoms with Gasteiger partial charge in [-0.15, -0.1) is 0 Å². The second-order valence-corrected chi connectivity index (χ2v) is 5.73. The van der Waals surface area contributed by atoms with Crippen LogP contribution in [0.4, 0.5) is 23.2 Å². The van der Waals surface area contributed by atoms with Crippen LogP contribution in [0.5, 0.6) is 0 Å². The van der Waals surface area contributed by atoms with Crippen molar-refractivity contribution in [3.05, 3.63) is 59.2 Å². The van der Waals surface area contributed by atoms with E-state index < -0.39 is 23.5 Å². The maximum absolute atomic E-state index is 14.3. The minimum atomic E-state index is -4.47. The van der Waals surface area contributed by atoms with Gasteiger partial charge in [-0.25, -0.2) is 9.18 Å². The number of anilines is 1. The number of halogens is 4. The molecule has 0 saturated carbocycles. The first kappa shape index (κ1) is 18.7. The van der Waals surface area contributed by atoms with Crippen LogP contribution in [0.3, 0.4) is 0 Å². The minimum Gasteiger partial charge on any atom is -0.478 e. The zero-order valence-corrected chi connectivity index (χ0v) is 13.5. The summed E-state index contributed by atoms with van der Waals surface area (Å²) in [7, 11) is 0. The Kier molecular flexibility index (Phi) is 5.30. The fourth-order valence-electron chi connectivity index (χ4n) is 2.28. The highest BCUT2D eigenvalue weighted by Gasteiger charge is 2.30. The average Bonchev–Trinajstić information content (AvgIpc) is 2.52. The summed E-state index contributed by atoms with van der Waals surface area (Å²) in [6, 6.07) is 5.49. The van der Waals surface area contributed by atoms with Gasteiger partial charge in [0, 0.05) is 12.2 Å². The fourth-order valence-corrected chi connectivity index (χ4v) is 2.28. The van der Waals surface area contributed by atoms with E-state index in [0.29, 0.717) is 5.69 Å². The lowest BCUT2D eigenvalue weighted by Crippen LogP contribution is -2.31. The van der Waals surface area contributed by atoms with Gasteiger partial charge < -0.3 is 10.0 Å². The first-order valence-electron chi connectivity index (χ1n) is 7.41. The van der Waals surface area contributed by atoms with Crippen LogP contribution in [0.25, 0.3) is 0 Å². The van der Waals surface area contributed by atoms with Crippen molar-refractivity contribution in [2.45, 2.75) is 32.6 Å². The normalized spacial score (nSPS) is 11.6. The topological polar surface area (TPSA) is 53.4 Å². The van der Waals surface area contributed by atoms with E-state index in [4.69, 9.17) is 5.11 Å². The van der Waals surface area contributed by atoms with E-state index in [1.54, 1.807) is 18.7 Å². The van der Waals surface area contributed by atoms with E-state index in [0.717, 1.165) is 18.3 Å². The summed E-state index contributed by atoms with van der Waals surface area (Å²) >= 11 is 0. The number of carbonyl (C=O) groups is 1. The molecule has 0 radical (unpaired) electrons. The first-order chi connectivity index (χ1) is 11.6. The second-order valence-electron chi connectivity index (χ2n) is 5.73. The van der Waals surface area contributed by atoms with Crippen LogP contribution in [0.15, 0.2) is 36.5 Å². The zero-order chi connectivity index (χ0) is 18.8. The van der Waals surface area contributed by atoms with Crippen molar-refractivity contribution in [3.8, 4) is 0 Å². The van der Waals surface area contributed by atoms with Crippen LogP contribution in [0.1, 0.15) is 35.5 Å². The maximum Gasteiger partial charge on any atom is 0.417 e. The van der Waals surface area contributed by atoms with Crippen LogP contribution in [-0.2, 0) is 12.7 Å². The standard InChI is InChI=1S/C17H16F4N2O2/c1-10(2)23(15-6-3-11(16(24)25)7-14(15)18)9-13-5-4-12(8-22-13)17(19,20)21/h3-8,10H,9H2,1-2H3,(H,24,25). The summed E-state index contributed by atoms with van der Waals surface area (Å²) < 4.78 is 52.0. The Hall–Kier alpha value is -2.64. The lowest BCUT2D eigenvalue weighted by atomic mass is 10.1. The van der Waals surface area contributed by atoms with E-state index in [1.165, 1.54) is 18.2 Å². The van der Waals surface area contributed by atoms with Gasteiger partial charge in [0.1, 0.15) is 5.82 Å². The summed E-state index contributed by atoms with van der Waals surface area (Å²) in [5.41, 5.74) is -0.549. The Balaban J connectivity index is 2.29. The van der Waals surface area contributed by atoms with Gasteiger partial charge in [0.15, 0.2) is 0 Å². The molecule has 1 N–H and O–H groups in total. The number of aromatic carboxylic acids is 1. The summed E-state index contributed by atoms with van der Waals surface area (Å²) in [6.45, 7) is 3.66. The Labute approximate surface area is 141 Å². The van der Waals surface area contributed by atoms with Gasteiger partial charge in [0.2, 0.25) is 0 Å². The van der Waals surface area contributed by atoms with Crippen molar-refractivity contribution < 1.29 is 27.5 Å². The third-order valence-corrected chi connectivity index (χ3v) is 3.61. The Morgan fingerprint density at radius 1 is 1.24 bits per heavy atom. The van der Waals surface area contributed by atoms with Crippen molar-refractivity contribution >= 4 is 11.7 Å². The molecule has 0 amide bonds. The average molecular weight is 356 g/mol. The first-order valence-corrected chi connectivity index (χ1v) is 7.41. The number of nitrogens with zero attached hydrogens (tertiary/aromatic N) is 2. The summed E-state index contributed by atoms with van der Waals surface area (Å²) in [4.78, 5) is 16.3. The molecule has 2 aromatic rings. The number of benzene rings is 1. The van der Waals surface area contributed by atoms with Gasteiger partial charge >= 0.3 is 12.1 Å². The molecule has 1 aromatic heterocycles. The molecule has 0 fully saturated rings. The van der Waals surface area contributed by atoms with E-state index in [2.05, 4.69) is 4.98 Å². The molecule has 2 rings (SSSR count). The number of rotatable bonds is 5. The van der Waals surface area contributed by atoms with Crippen molar-refractivity contribution in [1.82, 2.24) is 4.98 Å². The number of carboxylic acid groups (broad SMARTS) is 1. The molecule has 0 bridgehead atoms. The lowest BCUT2D eigenvalue weighted by Gasteiger charge is -2.29. The van der Waals surface area contributed by atoms with Crippen molar-refractivity contribution in [2.75, 3.05) is 4.90 Å². The molecular weight excluding hydrogens is 340 g/mol. The highest BCUT2D eigenvalue weighted by atomic mass is 19.4. The highest BCUT2D eigenvalue weighted by molar-refractivity contribution is 5.88. The maximum atomic E-state index is 14.3. The minimum absolute atomic E-state index is 0.0825. The molecule has 0 unspecified atom stereocenters. The Morgan fingerprint density at radius 2 is 1.92 bits per heavy atom. The van der Waals surface area contributed by atoms with E-state index in [1.807, 2.05) is 0 Å². The number of hydrogen-bond acceptors (Lipinski definition) is 3. The van der Waals surface area contributed by atoms with Crippen LogP contribution in [0, 0.1) is 5.82 Å². The Morgan fingerprint density at radius 3 is 2.36 bits per heavy atom. The number of hydrogen-bond donors (Lipinski definition) is 1. The molecule has 1 aromatic carbocycles. The van der Waals surface area contributed by atoms with Gasteiger partial charge in [0.05, 0.1) is 29.1 Å². The van der Waals surface area contributed by atoms with Crippen molar-refractivity contribution in [1.29, 1.82) is 0 Å². The quantitative estimate of drug-likeness (QED) is 0.809. The molecule has 8 heteroatoms. The molecule has 0 aliphatic rings. The fraction of sp³-hybridized carbons (Fsp3) is 0.294. The molecule has 0 aliphatic heterocycles. The molecule has 0 atom stereocenters. The molecule has 4 nitrogen and oxygen atoms in total. The van der Waals surface area contributed by atoms with Gasteiger partial charge in [-0.3, -0.25) is 4.98 Å². The third-order valence-electron chi connectivity index (χ3n) is 3.61. The predicted molar refractivity (Wildman–Crippen MR) is 83.9 cm³/mol. The molecule has 134 valence electrons. The third kappa shape index (κ3) is 4.46. The van der Waals surface area contributed by atoms with Gasteiger partial charge in [-0.1, -0.05) is 0 Å². The van der Waals surface area contributed by atoms with Crippen LogP contribution >= 0.6 is 0 Å². The van der Waals surface area contributed by atoms with Crippen LogP contribution < -0.4 is 4.90 Å². The van der Waals surface area contributed by atoms with Gasteiger partial charge in [0.25, 0.3) is 0 Å². The molecule has 0 spiro atoms. The summed E-state index contributed by atoms with van der Waals surface area (Å²) in [6.07, 6.45) is -3.74. The molecule has 0 saturated heterocycles. The van der Waals surface area contributed by atoms with Crippen molar-refractivity contribution in [3.63, 3.8) is 0 Å². The SMILES string of the molecule is CC(C)N(Cc1ccc(C(F)(F)F)cn1)c1ccc(C(=O)O)cc1F. The summed E-state index contributed by atoms with van der Waals surface area (Å²) in [5, 5.41) is 8.89. The van der Waals surface area contributed by atoms with Crippen LogP contribution in [0.2, 0.25) is 0 Å². The van der Waals surface area contributed by atoms with Crippen LogP contribution in [-0.4, -0.2) is 22.1 Å². The molecular formula is C17H16F4N2O2. The lowest BCUT2D eigenvalue weighted by molar-refractivity contribution is -0.137. The smallest absolute Gasteiger partial charge is 0.417 e. The second kappa shape index (κ2) is 7.08.